The summed E-state index contributed by atoms with van der Waals surface area (Å²) in [6.45, 7) is 4.19. The van der Waals surface area contributed by atoms with Gasteiger partial charge in [-0.05, 0) is 55.0 Å². The fourth-order valence-electron chi connectivity index (χ4n) is 4.15. The highest BCUT2D eigenvalue weighted by molar-refractivity contribution is 5.88. The van der Waals surface area contributed by atoms with Gasteiger partial charge in [0, 0.05) is 12.6 Å². The number of halogens is 1. The Morgan fingerprint density at radius 1 is 1.10 bits per heavy atom. The SMILES string of the molecule is CCC(C(=O)NC1CCCC1)N(Cc1ccc(F)cc1)C(=O)Cc1ccccc1C. The summed E-state index contributed by atoms with van der Waals surface area (Å²) < 4.78 is 13.4. The Hall–Kier alpha value is -2.69. The van der Waals surface area contributed by atoms with Crippen LogP contribution in [-0.2, 0) is 22.6 Å². The van der Waals surface area contributed by atoms with E-state index in [0.29, 0.717) is 6.42 Å². The molecule has 0 bridgehead atoms. The van der Waals surface area contributed by atoms with Crippen LogP contribution in [0.3, 0.4) is 0 Å². The van der Waals surface area contributed by atoms with Crippen molar-refractivity contribution >= 4 is 11.8 Å². The zero-order valence-corrected chi connectivity index (χ0v) is 17.9. The molecule has 0 radical (unpaired) electrons. The molecule has 2 aromatic rings. The first-order valence-corrected chi connectivity index (χ1v) is 10.9. The number of hydrogen-bond acceptors (Lipinski definition) is 2. The third-order valence-corrected chi connectivity index (χ3v) is 5.96. The number of rotatable bonds is 8. The van der Waals surface area contributed by atoms with Gasteiger partial charge in [-0.25, -0.2) is 4.39 Å². The molecule has 1 saturated carbocycles. The van der Waals surface area contributed by atoms with Crippen LogP contribution in [-0.4, -0.2) is 28.8 Å². The molecule has 0 aliphatic heterocycles. The number of carbonyl (C=O) groups is 2. The molecule has 3 rings (SSSR count). The van der Waals surface area contributed by atoms with Crippen molar-refractivity contribution in [3.05, 3.63) is 71.0 Å². The zero-order valence-electron chi connectivity index (χ0n) is 17.9. The second-order valence-corrected chi connectivity index (χ2v) is 8.17. The van der Waals surface area contributed by atoms with Crippen LogP contribution in [0.5, 0.6) is 0 Å². The molecule has 0 saturated heterocycles. The van der Waals surface area contributed by atoms with E-state index in [1.165, 1.54) is 12.1 Å². The summed E-state index contributed by atoms with van der Waals surface area (Å²) in [6, 6.07) is 13.6. The van der Waals surface area contributed by atoms with E-state index >= 15 is 0 Å². The van der Waals surface area contributed by atoms with Gasteiger partial charge < -0.3 is 10.2 Å². The molecule has 0 heterocycles. The van der Waals surface area contributed by atoms with Gasteiger partial charge in [0.15, 0.2) is 0 Å². The van der Waals surface area contributed by atoms with E-state index in [1.54, 1.807) is 17.0 Å². The molecule has 1 aliphatic carbocycles. The first-order valence-electron chi connectivity index (χ1n) is 10.9. The molecule has 160 valence electrons. The lowest BCUT2D eigenvalue weighted by Crippen LogP contribution is -2.51. The molecular formula is C25H31FN2O2. The first-order chi connectivity index (χ1) is 14.5. The van der Waals surface area contributed by atoms with Crippen molar-refractivity contribution in [3.8, 4) is 0 Å². The van der Waals surface area contributed by atoms with E-state index in [4.69, 9.17) is 0 Å². The Balaban J connectivity index is 1.82. The van der Waals surface area contributed by atoms with Gasteiger partial charge in [0.05, 0.1) is 6.42 Å². The molecule has 5 heteroatoms. The Bertz CT molecular complexity index is 860. The maximum Gasteiger partial charge on any atom is 0.243 e. The third-order valence-electron chi connectivity index (χ3n) is 5.96. The van der Waals surface area contributed by atoms with Crippen LogP contribution >= 0.6 is 0 Å². The molecule has 2 aromatic carbocycles. The second-order valence-electron chi connectivity index (χ2n) is 8.17. The number of benzene rings is 2. The first kappa shape index (κ1) is 22.0. The van der Waals surface area contributed by atoms with E-state index in [-0.39, 0.29) is 36.6 Å². The summed E-state index contributed by atoms with van der Waals surface area (Å²) in [6.07, 6.45) is 5.02. The predicted molar refractivity (Wildman–Crippen MR) is 116 cm³/mol. The molecule has 4 nitrogen and oxygen atoms in total. The van der Waals surface area contributed by atoms with Gasteiger partial charge in [-0.15, -0.1) is 0 Å². The highest BCUT2D eigenvalue weighted by Crippen LogP contribution is 2.20. The van der Waals surface area contributed by atoms with Crippen LogP contribution in [0.15, 0.2) is 48.5 Å². The summed E-state index contributed by atoms with van der Waals surface area (Å²) in [4.78, 5) is 28.1. The second kappa shape index (κ2) is 10.4. The summed E-state index contributed by atoms with van der Waals surface area (Å²) in [7, 11) is 0. The van der Waals surface area contributed by atoms with Crippen LogP contribution in [0.2, 0.25) is 0 Å². The molecule has 1 atom stereocenters. The minimum atomic E-state index is -0.549. The average Bonchev–Trinajstić information content (AvgIpc) is 3.24. The van der Waals surface area contributed by atoms with E-state index in [9.17, 15) is 14.0 Å². The van der Waals surface area contributed by atoms with Crippen LogP contribution in [0.4, 0.5) is 4.39 Å². The zero-order chi connectivity index (χ0) is 21.5. The minimum Gasteiger partial charge on any atom is -0.352 e. The number of nitrogens with one attached hydrogen (secondary N) is 1. The fourth-order valence-corrected chi connectivity index (χ4v) is 4.15. The van der Waals surface area contributed by atoms with Crippen molar-refractivity contribution < 1.29 is 14.0 Å². The van der Waals surface area contributed by atoms with Gasteiger partial charge in [-0.3, -0.25) is 9.59 Å². The molecule has 2 amide bonds. The predicted octanol–water partition coefficient (Wildman–Crippen LogP) is 4.54. The minimum absolute atomic E-state index is 0.0929. The van der Waals surface area contributed by atoms with E-state index in [2.05, 4.69) is 5.32 Å². The number of aryl methyl sites for hydroxylation is 1. The van der Waals surface area contributed by atoms with E-state index in [0.717, 1.165) is 42.4 Å². The fraction of sp³-hybridized carbons (Fsp3) is 0.440. The van der Waals surface area contributed by atoms with Gasteiger partial charge >= 0.3 is 0 Å². The maximum absolute atomic E-state index is 13.4. The topological polar surface area (TPSA) is 49.4 Å². The van der Waals surface area contributed by atoms with Crippen molar-refractivity contribution in [1.82, 2.24) is 10.2 Å². The standard InChI is InChI=1S/C25H31FN2O2/c1-3-23(25(30)27-22-10-6-7-11-22)28(17-19-12-14-21(26)15-13-19)24(29)16-20-9-5-4-8-18(20)2/h4-5,8-9,12-15,22-23H,3,6-7,10-11,16-17H2,1-2H3,(H,27,30). The van der Waals surface area contributed by atoms with Crippen LogP contribution < -0.4 is 5.32 Å². The van der Waals surface area contributed by atoms with Gasteiger partial charge in [0.25, 0.3) is 0 Å². The van der Waals surface area contributed by atoms with Crippen molar-refractivity contribution in [2.24, 2.45) is 0 Å². The lowest BCUT2D eigenvalue weighted by molar-refractivity contribution is -0.141. The van der Waals surface area contributed by atoms with Crippen LogP contribution in [0.25, 0.3) is 0 Å². The molecule has 0 aromatic heterocycles. The summed E-state index contributed by atoms with van der Waals surface area (Å²) in [5.41, 5.74) is 2.82. The van der Waals surface area contributed by atoms with Gasteiger partial charge in [0.1, 0.15) is 11.9 Å². The molecule has 1 unspecified atom stereocenters. The molecule has 1 aliphatic rings. The van der Waals surface area contributed by atoms with E-state index < -0.39 is 6.04 Å². The van der Waals surface area contributed by atoms with Gasteiger partial charge in [0.2, 0.25) is 11.8 Å². The normalized spacial score (nSPS) is 15.0. The van der Waals surface area contributed by atoms with E-state index in [1.807, 2.05) is 38.1 Å². The Morgan fingerprint density at radius 3 is 2.40 bits per heavy atom. The summed E-state index contributed by atoms with van der Waals surface area (Å²) in [5, 5.41) is 3.14. The smallest absolute Gasteiger partial charge is 0.243 e. The summed E-state index contributed by atoms with van der Waals surface area (Å²) >= 11 is 0. The molecular weight excluding hydrogens is 379 g/mol. The Labute approximate surface area is 178 Å². The molecule has 30 heavy (non-hydrogen) atoms. The Morgan fingerprint density at radius 2 is 1.77 bits per heavy atom. The Kier molecular flexibility index (Phi) is 7.61. The highest BCUT2D eigenvalue weighted by atomic mass is 19.1. The number of carbonyl (C=O) groups excluding carboxylic acids is 2. The highest BCUT2D eigenvalue weighted by Gasteiger charge is 2.30. The largest absolute Gasteiger partial charge is 0.352 e. The van der Waals surface area contributed by atoms with Crippen LogP contribution in [0, 0.1) is 12.7 Å². The third kappa shape index (κ3) is 5.68. The maximum atomic E-state index is 13.4. The number of hydrogen-bond donors (Lipinski definition) is 1. The number of nitrogens with zero attached hydrogens (tertiary/aromatic N) is 1. The molecule has 0 spiro atoms. The van der Waals surface area contributed by atoms with Gasteiger partial charge in [-0.1, -0.05) is 56.2 Å². The van der Waals surface area contributed by atoms with Crippen molar-refractivity contribution in [1.29, 1.82) is 0 Å². The summed E-state index contributed by atoms with van der Waals surface area (Å²) in [5.74, 6) is -0.505. The monoisotopic (exact) mass is 410 g/mol. The quantitative estimate of drug-likeness (QED) is 0.694. The van der Waals surface area contributed by atoms with Crippen molar-refractivity contribution in [2.45, 2.75) is 71.0 Å². The van der Waals surface area contributed by atoms with Crippen molar-refractivity contribution in [2.75, 3.05) is 0 Å². The number of amides is 2. The lowest BCUT2D eigenvalue weighted by atomic mass is 10.0. The van der Waals surface area contributed by atoms with Crippen LogP contribution in [0.1, 0.15) is 55.7 Å². The molecule has 1 N–H and O–H groups in total. The van der Waals surface area contributed by atoms with Crippen molar-refractivity contribution in [3.63, 3.8) is 0 Å². The average molecular weight is 411 g/mol. The van der Waals surface area contributed by atoms with Gasteiger partial charge in [-0.2, -0.15) is 0 Å². The molecule has 1 fully saturated rings. The lowest BCUT2D eigenvalue weighted by Gasteiger charge is -2.31.